The summed E-state index contributed by atoms with van der Waals surface area (Å²) in [6.07, 6.45) is 1.48. The first-order valence-corrected chi connectivity index (χ1v) is 5.75. The predicted molar refractivity (Wildman–Crippen MR) is 66.9 cm³/mol. The van der Waals surface area contributed by atoms with E-state index in [1.54, 1.807) is 6.20 Å². The minimum absolute atomic E-state index is 0.0227. The molecule has 1 aliphatic rings. The summed E-state index contributed by atoms with van der Waals surface area (Å²) in [6, 6.07) is 3.73. The van der Waals surface area contributed by atoms with Gasteiger partial charge in [0.25, 0.3) is 0 Å². The number of hydrogen-bond donors (Lipinski definition) is 2. The van der Waals surface area contributed by atoms with Crippen molar-refractivity contribution in [3.05, 3.63) is 18.3 Å². The molecule has 2 rings (SSSR count). The number of hydrogen-bond acceptors (Lipinski definition) is 5. The molecule has 1 saturated heterocycles. The minimum Gasteiger partial charge on any atom is -0.397 e. The molecule has 1 unspecified atom stereocenters. The Balaban J connectivity index is 2.17. The van der Waals surface area contributed by atoms with Crippen LogP contribution in [0.15, 0.2) is 18.3 Å². The molecule has 1 atom stereocenters. The third-order valence-electron chi connectivity index (χ3n) is 2.78. The number of aliphatic hydroxyl groups excluding tert-OH is 1. The monoisotopic (exact) mass is 237 g/mol. The van der Waals surface area contributed by atoms with Crippen LogP contribution < -0.4 is 10.6 Å². The lowest BCUT2D eigenvalue weighted by atomic mass is 10.1. The van der Waals surface area contributed by atoms with E-state index in [9.17, 15) is 5.11 Å². The quantitative estimate of drug-likeness (QED) is 0.790. The molecular weight excluding hydrogens is 218 g/mol. The largest absolute Gasteiger partial charge is 0.397 e. The third-order valence-corrected chi connectivity index (χ3v) is 2.78. The highest BCUT2D eigenvalue weighted by molar-refractivity contribution is 5.46. The zero-order valence-electron chi connectivity index (χ0n) is 10.3. The van der Waals surface area contributed by atoms with Crippen molar-refractivity contribution < 1.29 is 9.84 Å². The lowest BCUT2D eigenvalue weighted by Gasteiger charge is -2.42. The SMILES string of the molecule is CC1(C)CN(c2ccc(N)cn2)CC(CO)O1. The van der Waals surface area contributed by atoms with E-state index in [-0.39, 0.29) is 18.3 Å². The molecule has 5 heteroatoms. The number of anilines is 2. The van der Waals surface area contributed by atoms with E-state index < -0.39 is 0 Å². The molecule has 17 heavy (non-hydrogen) atoms. The van der Waals surface area contributed by atoms with Crippen molar-refractivity contribution in [2.75, 3.05) is 30.3 Å². The van der Waals surface area contributed by atoms with Crippen molar-refractivity contribution >= 4 is 11.5 Å². The Labute approximate surface area is 101 Å². The van der Waals surface area contributed by atoms with E-state index in [0.29, 0.717) is 12.2 Å². The van der Waals surface area contributed by atoms with Gasteiger partial charge >= 0.3 is 0 Å². The molecule has 3 N–H and O–H groups in total. The van der Waals surface area contributed by atoms with Crippen molar-refractivity contribution in [3.8, 4) is 0 Å². The Morgan fingerprint density at radius 1 is 1.59 bits per heavy atom. The Hall–Kier alpha value is -1.33. The number of ether oxygens (including phenoxy) is 1. The van der Waals surface area contributed by atoms with Gasteiger partial charge in [-0.25, -0.2) is 4.98 Å². The first-order chi connectivity index (χ1) is 8.00. The van der Waals surface area contributed by atoms with Gasteiger partial charge in [0.1, 0.15) is 5.82 Å². The van der Waals surface area contributed by atoms with Crippen LogP contribution in [-0.4, -0.2) is 41.5 Å². The summed E-state index contributed by atoms with van der Waals surface area (Å²) in [5.41, 5.74) is 5.99. The van der Waals surface area contributed by atoms with Crippen molar-refractivity contribution in [1.29, 1.82) is 0 Å². The third kappa shape index (κ3) is 2.87. The second-order valence-electron chi connectivity index (χ2n) is 5.01. The summed E-state index contributed by atoms with van der Waals surface area (Å²) in [5.74, 6) is 0.869. The van der Waals surface area contributed by atoms with Crippen LogP contribution in [-0.2, 0) is 4.74 Å². The average Bonchev–Trinajstić information content (AvgIpc) is 2.27. The number of pyridine rings is 1. The molecule has 1 aromatic rings. The van der Waals surface area contributed by atoms with Gasteiger partial charge in [-0.05, 0) is 26.0 Å². The van der Waals surface area contributed by atoms with Gasteiger partial charge in [0.05, 0.1) is 30.2 Å². The van der Waals surface area contributed by atoms with Gasteiger partial charge in [0.2, 0.25) is 0 Å². The van der Waals surface area contributed by atoms with Crippen molar-refractivity contribution in [3.63, 3.8) is 0 Å². The number of morpholine rings is 1. The van der Waals surface area contributed by atoms with Crippen molar-refractivity contribution in [2.24, 2.45) is 0 Å². The number of aromatic nitrogens is 1. The fraction of sp³-hybridized carbons (Fsp3) is 0.583. The van der Waals surface area contributed by atoms with E-state index in [1.807, 2.05) is 26.0 Å². The topological polar surface area (TPSA) is 71.6 Å². The normalized spacial score (nSPS) is 23.7. The van der Waals surface area contributed by atoms with Gasteiger partial charge in [-0.1, -0.05) is 0 Å². The molecule has 1 aliphatic heterocycles. The average molecular weight is 237 g/mol. The maximum absolute atomic E-state index is 9.24. The maximum Gasteiger partial charge on any atom is 0.128 e. The molecule has 0 bridgehead atoms. The molecule has 0 radical (unpaired) electrons. The summed E-state index contributed by atoms with van der Waals surface area (Å²) in [7, 11) is 0. The van der Waals surface area contributed by atoms with Crippen LogP contribution in [0.4, 0.5) is 11.5 Å². The predicted octanol–water partition coefficient (Wildman–Crippen LogP) is 0.640. The smallest absolute Gasteiger partial charge is 0.128 e. The Kier molecular flexibility index (Phi) is 3.22. The van der Waals surface area contributed by atoms with Gasteiger partial charge < -0.3 is 20.5 Å². The molecule has 1 fully saturated rings. The second-order valence-corrected chi connectivity index (χ2v) is 5.01. The number of nitrogens with zero attached hydrogens (tertiary/aromatic N) is 2. The van der Waals surface area contributed by atoms with E-state index >= 15 is 0 Å². The zero-order valence-corrected chi connectivity index (χ0v) is 10.3. The van der Waals surface area contributed by atoms with Crippen LogP contribution >= 0.6 is 0 Å². The Bertz CT molecular complexity index is 378. The van der Waals surface area contributed by atoms with E-state index in [4.69, 9.17) is 10.5 Å². The van der Waals surface area contributed by atoms with Crippen LogP contribution in [0.25, 0.3) is 0 Å². The molecular formula is C12H19N3O2. The molecule has 2 heterocycles. The molecule has 0 aliphatic carbocycles. The summed E-state index contributed by atoms with van der Waals surface area (Å²) in [4.78, 5) is 6.41. The van der Waals surface area contributed by atoms with Gasteiger partial charge in [0.15, 0.2) is 0 Å². The van der Waals surface area contributed by atoms with Crippen molar-refractivity contribution in [2.45, 2.75) is 25.6 Å². The number of rotatable bonds is 2. The van der Waals surface area contributed by atoms with Gasteiger partial charge in [-0.3, -0.25) is 0 Å². The molecule has 0 spiro atoms. The zero-order chi connectivity index (χ0) is 12.5. The van der Waals surface area contributed by atoms with E-state index in [2.05, 4.69) is 9.88 Å². The highest BCUT2D eigenvalue weighted by Gasteiger charge is 2.33. The Morgan fingerprint density at radius 3 is 2.94 bits per heavy atom. The number of nitrogen functional groups attached to an aromatic ring is 1. The van der Waals surface area contributed by atoms with Crippen LogP contribution in [0.1, 0.15) is 13.8 Å². The Morgan fingerprint density at radius 2 is 2.35 bits per heavy atom. The summed E-state index contributed by atoms with van der Waals surface area (Å²) in [6.45, 7) is 5.45. The molecule has 0 saturated carbocycles. The van der Waals surface area contributed by atoms with Crippen LogP contribution in [0.2, 0.25) is 0 Å². The van der Waals surface area contributed by atoms with Gasteiger partial charge in [-0.15, -0.1) is 0 Å². The van der Waals surface area contributed by atoms with Crippen LogP contribution in [0.5, 0.6) is 0 Å². The molecule has 0 amide bonds. The van der Waals surface area contributed by atoms with Gasteiger partial charge in [-0.2, -0.15) is 0 Å². The number of nitrogens with two attached hydrogens (primary N) is 1. The summed E-state index contributed by atoms with van der Waals surface area (Å²) >= 11 is 0. The first-order valence-electron chi connectivity index (χ1n) is 5.75. The van der Waals surface area contributed by atoms with E-state index in [1.165, 1.54) is 0 Å². The molecule has 94 valence electrons. The highest BCUT2D eigenvalue weighted by atomic mass is 16.5. The highest BCUT2D eigenvalue weighted by Crippen LogP contribution is 2.24. The lowest BCUT2D eigenvalue weighted by Crippen LogP contribution is -2.54. The van der Waals surface area contributed by atoms with Crippen LogP contribution in [0, 0.1) is 0 Å². The standard InChI is InChI=1S/C12H19N3O2/c1-12(2)8-15(6-10(7-16)17-12)11-4-3-9(13)5-14-11/h3-5,10,16H,6-8,13H2,1-2H3. The van der Waals surface area contributed by atoms with E-state index in [0.717, 1.165) is 12.4 Å². The maximum atomic E-state index is 9.24. The van der Waals surface area contributed by atoms with Gasteiger partial charge in [0, 0.05) is 13.1 Å². The minimum atomic E-state index is -0.283. The fourth-order valence-electron chi connectivity index (χ4n) is 2.15. The molecule has 0 aromatic carbocycles. The molecule has 1 aromatic heterocycles. The molecule has 5 nitrogen and oxygen atoms in total. The second kappa shape index (κ2) is 4.50. The summed E-state index contributed by atoms with van der Waals surface area (Å²) < 4.78 is 5.75. The fourth-order valence-corrected chi connectivity index (χ4v) is 2.15. The van der Waals surface area contributed by atoms with Crippen molar-refractivity contribution in [1.82, 2.24) is 4.98 Å². The lowest BCUT2D eigenvalue weighted by molar-refractivity contribution is -0.101. The summed E-state index contributed by atoms with van der Waals surface area (Å²) in [5, 5.41) is 9.24. The number of aliphatic hydroxyl groups is 1. The first kappa shape index (κ1) is 12.1. The van der Waals surface area contributed by atoms with Crippen LogP contribution in [0.3, 0.4) is 0 Å².